The molecule has 1 saturated carbocycles. The highest BCUT2D eigenvalue weighted by molar-refractivity contribution is 7.47. The van der Waals surface area contributed by atoms with Gasteiger partial charge in [-0.25, -0.2) is 4.57 Å². The molecule has 13 nitrogen and oxygen atoms in total. The smallest absolute Gasteiger partial charge is 0.462 e. The highest BCUT2D eigenvalue weighted by Crippen LogP contribution is 2.47. The number of ether oxygens (including phenoxy) is 2. The SMILES string of the molecule is CCCCCCC/C=C\CCCCCCCC(=O)O[C@H](COC(=O)CCCCCCCCCCCCCCCCCCCCC)COP(=O)(O)OC1C(O)C(O)C(O)[C@@H](O)C1O. The van der Waals surface area contributed by atoms with Gasteiger partial charge in [0.2, 0.25) is 0 Å². The summed E-state index contributed by atoms with van der Waals surface area (Å²) in [5.41, 5.74) is 0. The first-order valence-corrected chi connectivity index (χ1v) is 26.5. The fraction of sp³-hybridized carbons (Fsp3) is 0.917. The summed E-state index contributed by atoms with van der Waals surface area (Å²) in [5, 5.41) is 50.2. The Kier molecular flexibility index (Phi) is 36.7. The first kappa shape index (κ1) is 58.6. The van der Waals surface area contributed by atoms with Gasteiger partial charge in [0.25, 0.3) is 0 Å². The molecule has 0 aromatic carbocycles. The molecule has 14 heteroatoms. The Morgan fingerprint density at radius 3 is 1.23 bits per heavy atom. The lowest BCUT2D eigenvalue weighted by molar-refractivity contribution is -0.220. The maximum absolute atomic E-state index is 12.8. The Morgan fingerprint density at radius 2 is 0.823 bits per heavy atom. The molecule has 6 N–H and O–H groups in total. The van der Waals surface area contributed by atoms with E-state index >= 15 is 0 Å². The number of esters is 2. The van der Waals surface area contributed by atoms with Gasteiger partial charge in [0.05, 0.1) is 6.61 Å². The molecule has 62 heavy (non-hydrogen) atoms. The van der Waals surface area contributed by atoms with E-state index in [1.54, 1.807) is 0 Å². The van der Waals surface area contributed by atoms with Crippen LogP contribution in [0.2, 0.25) is 0 Å². The highest BCUT2D eigenvalue weighted by Gasteiger charge is 2.51. The number of phosphoric acid groups is 1. The maximum Gasteiger partial charge on any atom is 0.472 e. The zero-order chi connectivity index (χ0) is 45.7. The van der Waals surface area contributed by atoms with Crippen LogP contribution in [0, 0.1) is 0 Å². The number of hydrogen-bond acceptors (Lipinski definition) is 12. The molecular formula is C48H91O13P. The molecule has 1 rings (SSSR count). The Morgan fingerprint density at radius 1 is 0.484 bits per heavy atom. The van der Waals surface area contributed by atoms with E-state index in [0.29, 0.717) is 12.8 Å². The van der Waals surface area contributed by atoms with Gasteiger partial charge in [-0.1, -0.05) is 187 Å². The summed E-state index contributed by atoms with van der Waals surface area (Å²) in [6.07, 6.45) is 28.4. The third-order valence-electron chi connectivity index (χ3n) is 11.9. The van der Waals surface area contributed by atoms with Crippen molar-refractivity contribution in [3.63, 3.8) is 0 Å². The second kappa shape index (κ2) is 38.8. The standard InChI is InChI=1S/C48H91O13P/c1-3-5-7-9-11-13-15-17-19-20-21-22-23-25-26-28-30-32-34-36-41(49)58-38-40(39-59-62(56,57)61-48-46(54)44(52)43(51)45(53)47(48)55)60-42(50)37-35-33-31-29-27-24-18-16-14-12-10-8-6-4-2/h16,18,40,43-48,51-55H,3-15,17,19-39H2,1-2H3,(H,56,57)/b18-16-/t40-,43?,44-,45?,46?,47?,48?/m1/s1. The predicted molar refractivity (Wildman–Crippen MR) is 244 cm³/mol. The van der Waals surface area contributed by atoms with E-state index in [1.165, 1.54) is 128 Å². The monoisotopic (exact) mass is 907 g/mol. The van der Waals surface area contributed by atoms with Crippen molar-refractivity contribution in [3.05, 3.63) is 12.2 Å². The normalized spacial score (nSPS) is 21.9. The second-order valence-electron chi connectivity index (χ2n) is 17.7. The fourth-order valence-corrected chi connectivity index (χ4v) is 8.79. The molecule has 0 amide bonds. The lowest BCUT2D eigenvalue weighted by Gasteiger charge is -2.41. The molecule has 366 valence electrons. The zero-order valence-electron chi connectivity index (χ0n) is 38.9. The number of rotatable bonds is 42. The van der Waals surface area contributed by atoms with E-state index in [0.717, 1.165) is 57.8 Å². The van der Waals surface area contributed by atoms with E-state index in [1.807, 2.05) is 0 Å². The van der Waals surface area contributed by atoms with Gasteiger partial charge in [0.15, 0.2) is 6.10 Å². The van der Waals surface area contributed by atoms with Gasteiger partial charge in [-0.05, 0) is 38.5 Å². The average Bonchev–Trinajstić information content (AvgIpc) is 3.25. The lowest BCUT2D eigenvalue weighted by atomic mass is 9.85. The number of aliphatic hydroxyl groups is 5. The van der Waals surface area contributed by atoms with Crippen LogP contribution in [0.4, 0.5) is 0 Å². The minimum absolute atomic E-state index is 0.0909. The molecule has 0 heterocycles. The summed E-state index contributed by atoms with van der Waals surface area (Å²) < 4.78 is 33.6. The van der Waals surface area contributed by atoms with Gasteiger partial charge < -0.3 is 39.9 Å². The van der Waals surface area contributed by atoms with Crippen molar-refractivity contribution in [1.29, 1.82) is 0 Å². The van der Waals surface area contributed by atoms with E-state index in [-0.39, 0.29) is 12.8 Å². The molecule has 8 atom stereocenters. The predicted octanol–water partition coefficient (Wildman–Crippen LogP) is 10.2. The van der Waals surface area contributed by atoms with Gasteiger partial charge in [-0.15, -0.1) is 0 Å². The lowest BCUT2D eigenvalue weighted by Crippen LogP contribution is -2.64. The number of unbranched alkanes of at least 4 members (excludes halogenated alkanes) is 28. The molecule has 0 aromatic rings. The van der Waals surface area contributed by atoms with Crippen LogP contribution in [-0.2, 0) is 32.7 Å². The molecule has 0 aromatic heterocycles. The van der Waals surface area contributed by atoms with Gasteiger partial charge in [0.1, 0.15) is 43.2 Å². The number of hydrogen-bond donors (Lipinski definition) is 6. The van der Waals surface area contributed by atoms with E-state index in [9.17, 15) is 44.6 Å². The minimum atomic E-state index is -5.12. The van der Waals surface area contributed by atoms with Crippen molar-refractivity contribution in [2.45, 2.75) is 268 Å². The third kappa shape index (κ3) is 30.7. The minimum Gasteiger partial charge on any atom is -0.462 e. The summed E-state index contributed by atoms with van der Waals surface area (Å²) in [6, 6.07) is 0. The van der Waals surface area contributed by atoms with Crippen LogP contribution in [0.5, 0.6) is 0 Å². The number of carbonyl (C=O) groups is 2. The molecule has 0 radical (unpaired) electrons. The summed E-state index contributed by atoms with van der Waals surface area (Å²) >= 11 is 0. The molecule has 1 fully saturated rings. The van der Waals surface area contributed by atoms with Crippen LogP contribution in [-0.4, -0.2) is 98.3 Å². The number of aliphatic hydroxyl groups excluding tert-OH is 5. The van der Waals surface area contributed by atoms with E-state index < -0.39 is 75.7 Å². The van der Waals surface area contributed by atoms with Gasteiger partial charge in [-0.2, -0.15) is 0 Å². The molecule has 0 spiro atoms. The molecular weight excluding hydrogens is 815 g/mol. The summed E-state index contributed by atoms with van der Waals surface area (Å²) in [7, 11) is -5.12. The Bertz CT molecular complexity index is 1140. The highest BCUT2D eigenvalue weighted by atomic mass is 31.2. The van der Waals surface area contributed by atoms with Gasteiger partial charge in [-0.3, -0.25) is 18.6 Å². The second-order valence-corrected chi connectivity index (χ2v) is 19.1. The first-order valence-electron chi connectivity index (χ1n) is 25.0. The Hall–Kier alpha value is -1.41. The van der Waals surface area contributed by atoms with Crippen LogP contribution in [0.1, 0.15) is 226 Å². The van der Waals surface area contributed by atoms with Crippen LogP contribution >= 0.6 is 7.82 Å². The molecule has 6 unspecified atom stereocenters. The van der Waals surface area contributed by atoms with Crippen molar-refractivity contribution in [3.8, 4) is 0 Å². The molecule has 0 saturated heterocycles. The fourth-order valence-electron chi connectivity index (χ4n) is 7.81. The number of carbonyl (C=O) groups excluding carboxylic acids is 2. The van der Waals surface area contributed by atoms with Crippen molar-refractivity contribution in [1.82, 2.24) is 0 Å². The van der Waals surface area contributed by atoms with Crippen molar-refractivity contribution >= 4 is 19.8 Å². The Balaban J connectivity index is 2.39. The van der Waals surface area contributed by atoms with Crippen LogP contribution in [0.25, 0.3) is 0 Å². The summed E-state index contributed by atoms with van der Waals surface area (Å²) in [6.45, 7) is 3.31. The van der Waals surface area contributed by atoms with E-state index in [2.05, 4.69) is 26.0 Å². The largest absolute Gasteiger partial charge is 0.472 e. The zero-order valence-corrected chi connectivity index (χ0v) is 39.8. The quantitative estimate of drug-likeness (QED) is 0.0146. The van der Waals surface area contributed by atoms with E-state index in [4.69, 9.17) is 18.5 Å². The number of phosphoric ester groups is 1. The van der Waals surface area contributed by atoms with Crippen molar-refractivity contribution in [2.75, 3.05) is 13.2 Å². The van der Waals surface area contributed by atoms with Gasteiger partial charge in [0, 0.05) is 12.8 Å². The van der Waals surface area contributed by atoms with Crippen molar-refractivity contribution < 1.29 is 63.1 Å². The molecule has 0 bridgehead atoms. The Labute approximate surface area is 375 Å². The topological polar surface area (TPSA) is 210 Å². The molecule has 1 aliphatic carbocycles. The van der Waals surface area contributed by atoms with Crippen LogP contribution in [0.15, 0.2) is 12.2 Å². The molecule has 1 aliphatic rings. The third-order valence-corrected chi connectivity index (χ3v) is 12.8. The number of allylic oxidation sites excluding steroid dienone is 2. The van der Waals surface area contributed by atoms with Gasteiger partial charge >= 0.3 is 19.8 Å². The van der Waals surface area contributed by atoms with Crippen LogP contribution < -0.4 is 0 Å². The summed E-state index contributed by atoms with van der Waals surface area (Å²) in [5.74, 6) is -1.10. The van der Waals surface area contributed by atoms with Crippen molar-refractivity contribution in [2.24, 2.45) is 0 Å². The molecule has 0 aliphatic heterocycles. The first-order chi connectivity index (χ1) is 29.9. The maximum atomic E-state index is 12.8. The summed E-state index contributed by atoms with van der Waals surface area (Å²) in [4.78, 5) is 35.8. The average molecular weight is 907 g/mol. The van der Waals surface area contributed by atoms with Crippen LogP contribution in [0.3, 0.4) is 0 Å².